The summed E-state index contributed by atoms with van der Waals surface area (Å²) in [4.78, 5) is 29.0. The molecular formula is C34H34ClFN2O5. The maximum atomic E-state index is 13.8. The zero-order valence-corrected chi connectivity index (χ0v) is 24.9. The first kappa shape index (κ1) is 31.4. The highest BCUT2D eigenvalue weighted by molar-refractivity contribution is 6.32. The molecule has 0 bridgehead atoms. The van der Waals surface area contributed by atoms with E-state index in [9.17, 15) is 14.0 Å². The highest BCUT2D eigenvalue weighted by Gasteiger charge is 2.30. The van der Waals surface area contributed by atoms with Crippen molar-refractivity contribution in [2.24, 2.45) is 0 Å². The minimum atomic E-state index is -0.875. The number of carbonyl (C=O) groups is 2. The molecular weight excluding hydrogens is 571 g/mol. The Morgan fingerprint density at radius 3 is 2.19 bits per heavy atom. The second-order valence-electron chi connectivity index (χ2n) is 9.80. The molecule has 0 aliphatic heterocycles. The molecule has 0 unspecified atom stereocenters. The van der Waals surface area contributed by atoms with E-state index in [4.69, 9.17) is 25.8 Å². The Bertz CT molecular complexity index is 1500. The van der Waals surface area contributed by atoms with Crippen molar-refractivity contribution in [3.05, 3.63) is 125 Å². The Balaban J connectivity index is 1.57. The number of methoxy groups -OCH3 is 2. The van der Waals surface area contributed by atoms with Gasteiger partial charge in [0.1, 0.15) is 17.6 Å². The van der Waals surface area contributed by atoms with Crippen LogP contribution in [0.1, 0.15) is 16.7 Å². The Labute approximate surface area is 256 Å². The van der Waals surface area contributed by atoms with Crippen molar-refractivity contribution in [1.29, 1.82) is 0 Å². The average Bonchev–Trinajstić information content (AvgIpc) is 3.03. The molecule has 0 fully saturated rings. The van der Waals surface area contributed by atoms with Crippen molar-refractivity contribution in [1.82, 2.24) is 10.2 Å². The molecule has 0 aliphatic carbocycles. The van der Waals surface area contributed by atoms with Crippen LogP contribution in [0.2, 0.25) is 5.02 Å². The molecule has 1 N–H and O–H groups in total. The van der Waals surface area contributed by atoms with E-state index in [0.29, 0.717) is 40.8 Å². The largest absolute Gasteiger partial charge is 0.493 e. The number of carbonyl (C=O) groups excluding carboxylic acids is 2. The predicted octanol–water partition coefficient (Wildman–Crippen LogP) is 5.87. The Kier molecular flexibility index (Phi) is 11.4. The van der Waals surface area contributed by atoms with Gasteiger partial charge >= 0.3 is 0 Å². The number of halogens is 2. The minimum absolute atomic E-state index is 0.0750. The van der Waals surface area contributed by atoms with E-state index in [-0.39, 0.29) is 25.5 Å². The molecule has 2 amide bonds. The molecule has 7 nitrogen and oxygen atoms in total. The monoisotopic (exact) mass is 604 g/mol. The van der Waals surface area contributed by atoms with Crippen LogP contribution in [0.3, 0.4) is 0 Å². The van der Waals surface area contributed by atoms with Crippen LogP contribution in [0.4, 0.5) is 4.39 Å². The lowest BCUT2D eigenvalue weighted by molar-refractivity contribution is -0.142. The van der Waals surface area contributed by atoms with Gasteiger partial charge in [0.05, 0.1) is 19.2 Å². The van der Waals surface area contributed by atoms with Gasteiger partial charge in [0.25, 0.3) is 5.91 Å². The van der Waals surface area contributed by atoms with Crippen LogP contribution < -0.4 is 19.5 Å². The number of hydrogen-bond donors (Lipinski definition) is 1. The van der Waals surface area contributed by atoms with Crippen molar-refractivity contribution < 1.29 is 28.2 Å². The molecule has 43 heavy (non-hydrogen) atoms. The summed E-state index contributed by atoms with van der Waals surface area (Å²) in [6, 6.07) is 26.9. The number of hydrogen-bond acceptors (Lipinski definition) is 5. The van der Waals surface area contributed by atoms with E-state index in [1.807, 2.05) is 48.5 Å². The summed E-state index contributed by atoms with van der Waals surface area (Å²) in [7, 11) is 3.14. The standard InChI is InChI=1S/C34H34ClFN2O5/c1-41-31-17-14-25(21-32(31)42-2)18-19-37-34(40)29(20-24-8-4-3-5-9-24)38(22-26-12-15-27(36)16-13-26)33(39)23-43-30-11-7-6-10-28(30)35/h3-17,21,29H,18-20,22-23H2,1-2H3,(H,37,40)/t29-/m1/s1. The van der Waals surface area contributed by atoms with Crippen molar-refractivity contribution >= 4 is 23.4 Å². The number of amides is 2. The smallest absolute Gasteiger partial charge is 0.261 e. The van der Waals surface area contributed by atoms with Gasteiger partial charge in [-0.3, -0.25) is 9.59 Å². The molecule has 0 spiro atoms. The van der Waals surface area contributed by atoms with Crippen LogP contribution >= 0.6 is 11.6 Å². The fraction of sp³-hybridized carbons (Fsp3) is 0.235. The van der Waals surface area contributed by atoms with E-state index in [0.717, 1.165) is 11.1 Å². The van der Waals surface area contributed by atoms with Gasteiger partial charge in [-0.25, -0.2) is 4.39 Å². The summed E-state index contributed by atoms with van der Waals surface area (Å²) >= 11 is 6.23. The maximum Gasteiger partial charge on any atom is 0.261 e. The third-order valence-corrected chi connectivity index (χ3v) is 7.20. The first-order valence-electron chi connectivity index (χ1n) is 13.8. The zero-order chi connectivity index (χ0) is 30.6. The lowest BCUT2D eigenvalue weighted by atomic mass is 10.0. The SMILES string of the molecule is COc1ccc(CCNC(=O)[C@@H](Cc2ccccc2)N(Cc2ccc(F)cc2)C(=O)COc2ccccc2Cl)cc1OC. The van der Waals surface area contributed by atoms with Crippen LogP contribution in [0.25, 0.3) is 0 Å². The summed E-state index contributed by atoms with van der Waals surface area (Å²) in [6.45, 7) is 0.0645. The van der Waals surface area contributed by atoms with Gasteiger partial charge in [-0.1, -0.05) is 72.3 Å². The molecule has 0 radical (unpaired) electrons. The van der Waals surface area contributed by atoms with Crippen LogP contribution in [0.5, 0.6) is 17.2 Å². The highest BCUT2D eigenvalue weighted by Crippen LogP contribution is 2.28. The summed E-state index contributed by atoms with van der Waals surface area (Å²) in [5.41, 5.74) is 2.50. The lowest BCUT2D eigenvalue weighted by Gasteiger charge is -2.31. The molecule has 1 atom stereocenters. The molecule has 0 saturated heterocycles. The van der Waals surface area contributed by atoms with Crippen LogP contribution in [-0.4, -0.2) is 50.1 Å². The predicted molar refractivity (Wildman–Crippen MR) is 164 cm³/mol. The first-order chi connectivity index (χ1) is 20.9. The topological polar surface area (TPSA) is 77.1 Å². The van der Waals surface area contributed by atoms with Crippen LogP contribution in [0.15, 0.2) is 97.1 Å². The fourth-order valence-electron chi connectivity index (χ4n) is 4.61. The molecule has 4 rings (SSSR count). The van der Waals surface area contributed by atoms with E-state index >= 15 is 0 Å². The molecule has 0 saturated carbocycles. The molecule has 0 heterocycles. The van der Waals surface area contributed by atoms with E-state index in [1.165, 1.54) is 17.0 Å². The molecule has 0 aliphatic rings. The summed E-state index contributed by atoms with van der Waals surface area (Å²) in [5.74, 6) is 0.448. The van der Waals surface area contributed by atoms with E-state index < -0.39 is 17.8 Å². The first-order valence-corrected chi connectivity index (χ1v) is 14.2. The number of nitrogens with one attached hydrogen (secondary N) is 1. The van der Waals surface area contributed by atoms with Crippen molar-refractivity contribution in [2.45, 2.75) is 25.4 Å². The fourth-order valence-corrected chi connectivity index (χ4v) is 4.80. The maximum absolute atomic E-state index is 13.8. The normalized spacial score (nSPS) is 11.3. The highest BCUT2D eigenvalue weighted by atomic mass is 35.5. The number of para-hydroxylation sites is 1. The molecule has 0 aromatic heterocycles. The lowest BCUT2D eigenvalue weighted by Crippen LogP contribution is -2.52. The van der Waals surface area contributed by atoms with Gasteiger partial charge in [-0.15, -0.1) is 0 Å². The summed E-state index contributed by atoms with van der Waals surface area (Å²) in [6.07, 6.45) is 0.799. The second kappa shape index (κ2) is 15.6. The van der Waals surface area contributed by atoms with Gasteiger partial charge in [0.15, 0.2) is 18.1 Å². The molecule has 9 heteroatoms. The van der Waals surface area contributed by atoms with Crippen LogP contribution in [-0.2, 0) is 29.0 Å². The van der Waals surface area contributed by atoms with Gasteiger partial charge in [0, 0.05) is 19.5 Å². The van der Waals surface area contributed by atoms with Gasteiger partial charge in [-0.05, 0) is 59.5 Å². The van der Waals surface area contributed by atoms with Crippen molar-refractivity contribution in [3.8, 4) is 17.2 Å². The number of nitrogens with zero attached hydrogens (tertiary/aromatic N) is 1. The van der Waals surface area contributed by atoms with E-state index in [2.05, 4.69) is 5.32 Å². The zero-order valence-electron chi connectivity index (χ0n) is 24.1. The Morgan fingerprint density at radius 2 is 1.49 bits per heavy atom. The summed E-state index contributed by atoms with van der Waals surface area (Å²) in [5, 5.41) is 3.37. The number of ether oxygens (including phenoxy) is 3. The Morgan fingerprint density at radius 1 is 0.814 bits per heavy atom. The van der Waals surface area contributed by atoms with Crippen LogP contribution in [0, 0.1) is 5.82 Å². The minimum Gasteiger partial charge on any atom is -0.493 e. The van der Waals surface area contributed by atoms with Gasteiger partial charge in [0.2, 0.25) is 5.91 Å². The van der Waals surface area contributed by atoms with Crippen molar-refractivity contribution in [3.63, 3.8) is 0 Å². The average molecular weight is 605 g/mol. The molecule has 4 aromatic rings. The van der Waals surface area contributed by atoms with E-state index in [1.54, 1.807) is 50.6 Å². The third-order valence-electron chi connectivity index (χ3n) is 6.89. The number of rotatable bonds is 14. The van der Waals surface area contributed by atoms with Gasteiger partial charge < -0.3 is 24.4 Å². The number of benzene rings is 4. The third kappa shape index (κ3) is 8.96. The van der Waals surface area contributed by atoms with Crippen molar-refractivity contribution in [2.75, 3.05) is 27.4 Å². The quantitative estimate of drug-likeness (QED) is 0.195. The summed E-state index contributed by atoms with van der Waals surface area (Å²) < 4.78 is 30.1. The second-order valence-corrected chi connectivity index (χ2v) is 10.2. The molecule has 224 valence electrons. The van der Waals surface area contributed by atoms with Gasteiger partial charge in [-0.2, -0.15) is 0 Å². The Hall–Kier alpha value is -4.56. The molecule has 4 aromatic carbocycles.